The van der Waals surface area contributed by atoms with Crippen molar-refractivity contribution in [3.8, 4) is 0 Å². The van der Waals surface area contributed by atoms with Gasteiger partial charge in [0, 0.05) is 5.56 Å². The predicted molar refractivity (Wildman–Crippen MR) is 118 cm³/mol. The normalized spacial score (nSPS) is 31.7. The lowest BCUT2D eigenvalue weighted by Crippen LogP contribution is -2.45. The number of hydrogen-bond donors (Lipinski definition) is 0. The highest BCUT2D eigenvalue weighted by Gasteiger charge is 2.43. The SMILES string of the molecule is CCC.CC[C@H]1CC(C)C(c2ccccc2)OC2COC(c3ccccc3)OC21. The monoisotopic (exact) mass is 396 g/mol. The van der Waals surface area contributed by atoms with Crippen LogP contribution in [-0.4, -0.2) is 18.8 Å². The van der Waals surface area contributed by atoms with Gasteiger partial charge in [0.25, 0.3) is 0 Å². The van der Waals surface area contributed by atoms with Gasteiger partial charge in [-0.25, -0.2) is 0 Å². The molecule has 2 saturated heterocycles. The standard InChI is InChI=1S/C23H28O3.C3H8/c1-3-17-14-16(2)21(18-10-6-4-7-11-18)25-20-15-24-23(26-22(17)20)19-12-8-5-9-13-19;1-3-2/h4-13,16-17,20-23H,3,14-15H2,1-2H3;3H2,1-2H3/t16?,17-,20?,21?,22?,23?;/m0./s1. The van der Waals surface area contributed by atoms with Gasteiger partial charge in [0.1, 0.15) is 6.10 Å². The number of fused-ring (bicyclic) bond motifs is 1. The Labute approximate surface area is 176 Å². The van der Waals surface area contributed by atoms with E-state index in [-0.39, 0.29) is 24.6 Å². The van der Waals surface area contributed by atoms with E-state index in [1.165, 1.54) is 12.0 Å². The van der Waals surface area contributed by atoms with Crippen LogP contribution in [0.2, 0.25) is 0 Å². The highest BCUT2D eigenvalue weighted by molar-refractivity contribution is 5.19. The molecule has 4 rings (SSSR count). The van der Waals surface area contributed by atoms with Crippen molar-refractivity contribution in [1.82, 2.24) is 0 Å². The lowest BCUT2D eigenvalue weighted by molar-refractivity contribution is -0.279. The molecule has 158 valence electrons. The summed E-state index contributed by atoms with van der Waals surface area (Å²) in [6.07, 6.45) is 3.32. The Morgan fingerprint density at radius 1 is 0.828 bits per heavy atom. The first-order valence-electron chi connectivity index (χ1n) is 11.2. The molecule has 2 aromatic rings. The van der Waals surface area contributed by atoms with Crippen molar-refractivity contribution in [2.45, 2.75) is 71.6 Å². The molecule has 2 aliphatic heterocycles. The fraction of sp³-hybridized carbons (Fsp3) is 0.538. The van der Waals surface area contributed by atoms with E-state index in [9.17, 15) is 0 Å². The predicted octanol–water partition coefficient (Wildman–Crippen LogP) is 6.71. The van der Waals surface area contributed by atoms with Gasteiger partial charge in [-0.05, 0) is 23.8 Å². The first-order valence-corrected chi connectivity index (χ1v) is 11.2. The summed E-state index contributed by atoms with van der Waals surface area (Å²) in [5.41, 5.74) is 2.33. The van der Waals surface area contributed by atoms with Crippen LogP contribution in [0, 0.1) is 11.8 Å². The molecule has 3 nitrogen and oxygen atoms in total. The van der Waals surface area contributed by atoms with Crippen LogP contribution in [0.25, 0.3) is 0 Å². The minimum Gasteiger partial charge on any atom is -0.365 e. The number of rotatable bonds is 3. The van der Waals surface area contributed by atoms with E-state index < -0.39 is 0 Å². The van der Waals surface area contributed by atoms with Crippen LogP contribution in [0.4, 0.5) is 0 Å². The average molecular weight is 397 g/mol. The van der Waals surface area contributed by atoms with Gasteiger partial charge in [0.15, 0.2) is 6.29 Å². The summed E-state index contributed by atoms with van der Waals surface area (Å²) in [7, 11) is 0. The molecule has 2 fully saturated rings. The van der Waals surface area contributed by atoms with Gasteiger partial charge in [0.05, 0.1) is 18.8 Å². The Morgan fingerprint density at radius 3 is 2.00 bits per heavy atom. The molecule has 5 unspecified atom stereocenters. The third-order valence-corrected chi connectivity index (χ3v) is 5.76. The molecule has 0 N–H and O–H groups in total. The maximum atomic E-state index is 6.58. The molecule has 0 radical (unpaired) electrons. The van der Waals surface area contributed by atoms with Crippen LogP contribution in [0.1, 0.15) is 70.5 Å². The molecule has 0 amide bonds. The molecule has 6 atom stereocenters. The Hall–Kier alpha value is -1.68. The lowest BCUT2D eigenvalue weighted by Gasteiger charge is -2.39. The molecule has 0 saturated carbocycles. The Bertz CT molecular complexity index is 702. The summed E-state index contributed by atoms with van der Waals surface area (Å²) in [6.45, 7) is 9.39. The van der Waals surface area contributed by atoms with Crippen LogP contribution < -0.4 is 0 Å². The largest absolute Gasteiger partial charge is 0.365 e. The third kappa shape index (κ3) is 5.48. The van der Waals surface area contributed by atoms with Crippen molar-refractivity contribution in [2.75, 3.05) is 6.61 Å². The molecule has 0 aromatic heterocycles. The van der Waals surface area contributed by atoms with Crippen molar-refractivity contribution < 1.29 is 14.2 Å². The second kappa shape index (κ2) is 10.9. The molecule has 0 spiro atoms. The van der Waals surface area contributed by atoms with E-state index in [1.807, 2.05) is 18.2 Å². The van der Waals surface area contributed by atoms with Crippen LogP contribution in [-0.2, 0) is 14.2 Å². The topological polar surface area (TPSA) is 27.7 Å². The first-order chi connectivity index (χ1) is 14.2. The summed E-state index contributed by atoms with van der Waals surface area (Å²) in [5, 5.41) is 0. The fourth-order valence-corrected chi connectivity index (χ4v) is 4.37. The Morgan fingerprint density at radius 2 is 1.41 bits per heavy atom. The van der Waals surface area contributed by atoms with Gasteiger partial charge in [-0.2, -0.15) is 0 Å². The maximum absolute atomic E-state index is 6.58. The van der Waals surface area contributed by atoms with E-state index >= 15 is 0 Å². The van der Waals surface area contributed by atoms with Crippen molar-refractivity contribution >= 4 is 0 Å². The van der Waals surface area contributed by atoms with Crippen molar-refractivity contribution in [2.24, 2.45) is 11.8 Å². The molecular weight excluding hydrogens is 360 g/mol. The summed E-state index contributed by atoms with van der Waals surface area (Å²) in [6, 6.07) is 20.8. The smallest absolute Gasteiger partial charge is 0.184 e. The number of benzene rings is 2. The van der Waals surface area contributed by atoms with Gasteiger partial charge in [0.2, 0.25) is 0 Å². The van der Waals surface area contributed by atoms with Crippen LogP contribution in [0.5, 0.6) is 0 Å². The molecule has 29 heavy (non-hydrogen) atoms. The van der Waals surface area contributed by atoms with Gasteiger partial charge in [-0.15, -0.1) is 0 Å². The Kier molecular flexibility index (Phi) is 8.29. The third-order valence-electron chi connectivity index (χ3n) is 5.76. The summed E-state index contributed by atoms with van der Waals surface area (Å²) < 4.78 is 19.1. The Balaban J connectivity index is 0.000000755. The fourth-order valence-electron chi connectivity index (χ4n) is 4.37. The van der Waals surface area contributed by atoms with Crippen molar-refractivity contribution in [3.63, 3.8) is 0 Å². The molecule has 0 aliphatic carbocycles. The minimum atomic E-state index is -0.293. The van der Waals surface area contributed by atoms with E-state index in [4.69, 9.17) is 14.2 Å². The highest BCUT2D eigenvalue weighted by atomic mass is 16.7. The molecule has 2 aliphatic rings. The summed E-state index contributed by atoms with van der Waals surface area (Å²) in [5.74, 6) is 0.936. The van der Waals surface area contributed by atoms with E-state index in [0.29, 0.717) is 18.4 Å². The van der Waals surface area contributed by atoms with Gasteiger partial charge < -0.3 is 14.2 Å². The molecule has 3 heteroatoms. The van der Waals surface area contributed by atoms with E-state index in [1.54, 1.807) is 0 Å². The number of ether oxygens (including phenoxy) is 3. The van der Waals surface area contributed by atoms with Gasteiger partial charge >= 0.3 is 0 Å². The second-order valence-electron chi connectivity index (χ2n) is 8.27. The quantitative estimate of drug-likeness (QED) is 0.577. The zero-order chi connectivity index (χ0) is 20.6. The maximum Gasteiger partial charge on any atom is 0.184 e. The van der Waals surface area contributed by atoms with E-state index in [2.05, 4.69) is 70.2 Å². The zero-order valence-corrected chi connectivity index (χ0v) is 18.3. The lowest BCUT2D eigenvalue weighted by atomic mass is 9.85. The van der Waals surface area contributed by atoms with E-state index in [0.717, 1.165) is 18.4 Å². The summed E-state index contributed by atoms with van der Waals surface area (Å²) >= 11 is 0. The van der Waals surface area contributed by atoms with Crippen LogP contribution in [0.15, 0.2) is 60.7 Å². The van der Waals surface area contributed by atoms with Crippen molar-refractivity contribution in [3.05, 3.63) is 71.8 Å². The second-order valence-corrected chi connectivity index (χ2v) is 8.27. The van der Waals surface area contributed by atoms with Gasteiger partial charge in [-0.3, -0.25) is 0 Å². The zero-order valence-electron chi connectivity index (χ0n) is 18.3. The van der Waals surface area contributed by atoms with Crippen LogP contribution in [0.3, 0.4) is 0 Å². The minimum absolute atomic E-state index is 0.0185. The average Bonchev–Trinajstić information content (AvgIpc) is 2.91. The van der Waals surface area contributed by atoms with Gasteiger partial charge in [-0.1, -0.05) is 101 Å². The highest BCUT2D eigenvalue weighted by Crippen LogP contribution is 2.43. The van der Waals surface area contributed by atoms with Crippen molar-refractivity contribution in [1.29, 1.82) is 0 Å². The number of hydrogen-bond acceptors (Lipinski definition) is 3. The van der Waals surface area contributed by atoms with Crippen LogP contribution >= 0.6 is 0 Å². The molecule has 0 bridgehead atoms. The molecule has 2 heterocycles. The summed E-state index contributed by atoms with van der Waals surface area (Å²) in [4.78, 5) is 0. The first kappa shape index (κ1) is 22.0. The molecular formula is C26H36O3. The molecule has 2 aromatic carbocycles.